The molecule has 4 aromatic rings. The first-order valence-electron chi connectivity index (χ1n) is 10.3. The number of hydrogen-bond acceptors (Lipinski definition) is 5. The predicted molar refractivity (Wildman–Crippen MR) is 143 cm³/mol. The lowest BCUT2D eigenvalue weighted by atomic mass is 9.52. The van der Waals surface area contributed by atoms with E-state index in [9.17, 15) is 4.79 Å². The van der Waals surface area contributed by atoms with Crippen molar-refractivity contribution in [1.82, 2.24) is 19.5 Å². The molecule has 2 heterocycles. The molecule has 0 aliphatic rings. The third-order valence-electron chi connectivity index (χ3n) is 5.44. The van der Waals surface area contributed by atoms with Gasteiger partial charge in [0, 0.05) is 29.8 Å². The van der Waals surface area contributed by atoms with Crippen LogP contribution in [-0.2, 0) is 7.05 Å². The van der Waals surface area contributed by atoms with Crippen molar-refractivity contribution in [2.45, 2.75) is 12.2 Å². The molecule has 1 N–H and O–H groups in total. The van der Waals surface area contributed by atoms with E-state index in [1.54, 1.807) is 12.4 Å². The summed E-state index contributed by atoms with van der Waals surface area (Å²) in [4.78, 5) is 26.0. The van der Waals surface area contributed by atoms with E-state index in [1.807, 2.05) is 36.7 Å². The van der Waals surface area contributed by atoms with E-state index in [4.69, 9.17) is 59.7 Å². The number of carbonyl (C=O) groups excluding carboxylic acids is 1. The molecule has 0 bridgehead atoms. The molecule has 14 heteroatoms. The molecule has 1 amide bonds. The van der Waals surface area contributed by atoms with Gasteiger partial charge in [0.1, 0.15) is 66.5 Å². The Morgan fingerprint density at radius 1 is 1.00 bits per heavy atom. The van der Waals surface area contributed by atoms with Gasteiger partial charge in [-0.1, -0.05) is 34.0 Å². The summed E-state index contributed by atoms with van der Waals surface area (Å²) in [7, 11) is 42.3. The Hall–Kier alpha value is -3.29. The molecule has 35 heavy (non-hydrogen) atoms. The Bertz CT molecular complexity index is 1450. The molecule has 7 nitrogen and oxygen atoms in total. The average Bonchev–Trinajstić information content (AvgIpc) is 3.12. The summed E-state index contributed by atoms with van der Waals surface area (Å²) in [6, 6.07) is 5.68. The van der Waals surface area contributed by atoms with Gasteiger partial charge in [-0.3, -0.25) is 10.1 Å². The van der Waals surface area contributed by atoms with Crippen LogP contribution in [-0.4, -0.2) is 85.6 Å². The number of ether oxygens (including phenoxy) is 1. The van der Waals surface area contributed by atoms with Crippen molar-refractivity contribution < 1.29 is 9.53 Å². The average molecular weight is 442 g/mol. The van der Waals surface area contributed by atoms with Crippen LogP contribution in [0.25, 0.3) is 22.2 Å². The lowest BCUT2D eigenvalue weighted by Gasteiger charge is -2.29. The lowest BCUT2D eigenvalue weighted by molar-refractivity contribution is 0.102. The van der Waals surface area contributed by atoms with Gasteiger partial charge in [-0.25, -0.2) is 15.0 Å². The molecule has 0 saturated heterocycles. The predicted octanol–water partition coefficient (Wildman–Crippen LogP) is -2.74. The molecule has 4 rings (SSSR count). The third-order valence-corrected chi connectivity index (χ3v) is 5.44. The highest BCUT2D eigenvalue weighted by Gasteiger charge is 2.22. The van der Waals surface area contributed by atoms with Crippen LogP contribution in [0.15, 0.2) is 30.6 Å². The van der Waals surface area contributed by atoms with E-state index >= 15 is 0 Å². The fourth-order valence-electron chi connectivity index (χ4n) is 3.51. The number of anilines is 1. The number of aryl methyl sites for hydroxylation is 1. The standard InChI is InChI=1S/C21H12B7N5O2/c1-8-29-7-12(33(8)2)9-3-4-10-6-30-20(31-11(10)5-9)32-19(34)13-14(22)16(24)18(17(25)15(13)23)35-21(26,27)28/h3-7H,1-2H3,(H,30,31,32,34). The number of rotatable bonds is 5. The van der Waals surface area contributed by atoms with Gasteiger partial charge in [0.2, 0.25) is 5.95 Å². The Labute approximate surface area is 212 Å². The van der Waals surface area contributed by atoms with Crippen molar-refractivity contribution in [1.29, 1.82) is 0 Å². The van der Waals surface area contributed by atoms with Crippen molar-refractivity contribution in [2.24, 2.45) is 7.05 Å². The number of fused-ring (bicyclic) bond motifs is 1. The number of nitrogens with one attached hydrogen (secondary N) is 1. The summed E-state index contributed by atoms with van der Waals surface area (Å²) in [5.41, 5.74) is 1.40. The first-order chi connectivity index (χ1) is 16.4. The molecule has 2 aromatic carbocycles. The van der Waals surface area contributed by atoms with Crippen LogP contribution in [0, 0.1) is 6.92 Å². The highest BCUT2D eigenvalue weighted by Crippen LogP contribution is 2.24. The highest BCUT2D eigenvalue weighted by molar-refractivity contribution is 6.62. The van der Waals surface area contributed by atoms with E-state index in [0.717, 1.165) is 22.5 Å². The summed E-state index contributed by atoms with van der Waals surface area (Å²) < 4.78 is 7.11. The minimum Gasteiger partial charge on any atom is -0.517 e. The van der Waals surface area contributed by atoms with Gasteiger partial charge in [-0.05, 0) is 18.3 Å². The zero-order chi connectivity index (χ0) is 25.7. The fraction of sp³-hybridized carbons (Fsp3) is 0.143. The van der Waals surface area contributed by atoms with E-state index in [0.29, 0.717) is 5.52 Å². The summed E-state index contributed by atoms with van der Waals surface area (Å²) in [6.07, 6.45) is 3.35. The van der Waals surface area contributed by atoms with Gasteiger partial charge in [-0.15, -0.1) is 0 Å². The zero-order valence-electron chi connectivity index (χ0n) is 19.0. The molecule has 0 aliphatic carbocycles. The van der Waals surface area contributed by atoms with Gasteiger partial charge < -0.3 is 9.30 Å². The van der Waals surface area contributed by atoms with Gasteiger partial charge in [0.15, 0.2) is 0 Å². The topological polar surface area (TPSA) is 81.9 Å². The van der Waals surface area contributed by atoms with Crippen molar-refractivity contribution in [3.05, 3.63) is 42.0 Å². The summed E-state index contributed by atoms with van der Waals surface area (Å²) >= 11 is 0. The fourth-order valence-corrected chi connectivity index (χ4v) is 3.51. The molecule has 2 aromatic heterocycles. The Morgan fingerprint density at radius 2 is 1.66 bits per heavy atom. The molecule has 14 radical (unpaired) electrons. The number of amides is 1. The summed E-state index contributed by atoms with van der Waals surface area (Å²) in [5, 5.41) is 1.24. The maximum Gasteiger partial charge on any atom is 0.256 e. The highest BCUT2D eigenvalue weighted by atomic mass is 16.5. The number of hydrogen-bond donors (Lipinski definition) is 1. The summed E-state index contributed by atoms with van der Waals surface area (Å²) in [5.74, 6) is -0.0795. The van der Waals surface area contributed by atoms with Crippen LogP contribution < -0.4 is 31.9 Å². The molecular formula is C21H12B7N5O2. The molecule has 0 unspecified atom stereocenters. The minimum atomic E-state index is -2.10. The van der Waals surface area contributed by atoms with Gasteiger partial charge in [0.25, 0.3) is 5.91 Å². The molecule has 0 fully saturated rings. The summed E-state index contributed by atoms with van der Waals surface area (Å²) in [6.45, 7) is 1.91. The largest absolute Gasteiger partial charge is 0.517 e. The normalized spacial score (nSPS) is 11.5. The first kappa shape index (κ1) is 24.8. The maximum atomic E-state index is 13.0. The lowest BCUT2D eigenvalue weighted by Crippen LogP contribution is -2.51. The van der Waals surface area contributed by atoms with Crippen LogP contribution in [0.1, 0.15) is 16.2 Å². The van der Waals surface area contributed by atoms with Crippen LogP contribution in [0.5, 0.6) is 5.75 Å². The van der Waals surface area contributed by atoms with Crippen LogP contribution in [0.4, 0.5) is 5.95 Å². The maximum absolute atomic E-state index is 13.0. The van der Waals surface area contributed by atoms with E-state index in [1.165, 1.54) is 0 Å². The number of benzene rings is 2. The molecule has 0 spiro atoms. The molecular weight excluding hydrogens is 430 g/mol. The smallest absolute Gasteiger partial charge is 0.256 e. The van der Waals surface area contributed by atoms with Crippen LogP contribution in [0.2, 0.25) is 0 Å². The minimum absolute atomic E-state index is 0.0157. The Kier molecular flexibility index (Phi) is 6.43. The Morgan fingerprint density at radius 3 is 2.23 bits per heavy atom. The van der Waals surface area contributed by atoms with Gasteiger partial charge in [0.05, 0.1) is 17.4 Å². The van der Waals surface area contributed by atoms with Crippen molar-refractivity contribution in [3.63, 3.8) is 0 Å². The third kappa shape index (κ3) is 4.79. The van der Waals surface area contributed by atoms with Crippen molar-refractivity contribution >= 4 is 99.5 Å². The van der Waals surface area contributed by atoms with E-state index in [2.05, 4.69) is 20.3 Å². The second kappa shape index (κ2) is 9.06. The second-order valence-corrected chi connectivity index (χ2v) is 7.99. The molecule has 0 atom stereocenters. The number of carbonyl (C=O) groups is 1. The number of nitrogens with zero attached hydrogens (tertiary/aromatic N) is 4. The molecule has 154 valence electrons. The van der Waals surface area contributed by atoms with Crippen molar-refractivity contribution in [2.75, 3.05) is 5.32 Å². The number of imidazole rings is 1. The Balaban J connectivity index is 1.69. The number of aromatic nitrogens is 4. The molecule has 0 aliphatic heterocycles. The molecule has 0 saturated carbocycles. The zero-order valence-corrected chi connectivity index (χ0v) is 19.0. The SMILES string of the molecule is [B]c1c([B])c(C(=O)Nc2ncc3ccc(-c4cnc(C)n4C)cc3n2)c([B])c([B])c1OC([B])([B])[B]. The van der Waals surface area contributed by atoms with Crippen molar-refractivity contribution in [3.8, 4) is 17.0 Å². The first-order valence-corrected chi connectivity index (χ1v) is 10.3. The van der Waals surface area contributed by atoms with Gasteiger partial charge >= 0.3 is 0 Å². The van der Waals surface area contributed by atoms with E-state index < -0.39 is 11.2 Å². The van der Waals surface area contributed by atoms with E-state index in [-0.39, 0.29) is 39.1 Å². The van der Waals surface area contributed by atoms with Crippen LogP contribution in [0.3, 0.4) is 0 Å². The van der Waals surface area contributed by atoms with Crippen LogP contribution >= 0.6 is 0 Å². The second-order valence-electron chi connectivity index (χ2n) is 7.99. The van der Waals surface area contributed by atoms with Gasteiger partial charge in [-0.2, -0.15) is 0 Å². The monoisotopic (exact) mass is 443 g/mol. The quantitative estimate of drug-likeness (QED) is 0.340.